The maximum Gasteiger partial charge on any atom is 0.146 e. The Morgan fingerprint density at radius 2 is 2.00 bits per heavy atom. The molecular formula is C14H21FN2. The third-order valence-corrected chi connectivity index (χ3v) is 3.31. The molecule has 0 radical (unpaired) electrons. The van der Waals surface area contributed by atoms with Crippen molar-refractivity contribution in [3.05, 3.63) is 29.6 Å². The zero-order valence-electron chi connectivity index (χ0n) is 10.5. The summed E-state index contributed by atoms with van der Waals surface area (Å²) in [6.07, 6.45) is 3.62. The van der Waals surface area contributed by atoms with Gasteiger partial charge in [0, 0.05) is 19.6 Å². The molecule has 3 heteroatoms. The molecule has 1 aliphatic rings. The van der Waals surface area contributed by atoms with Crippen LogP contribution in [-0.2, 0) is 6.54 Å². The molecule has 1 N–H and O–H groups in total. The van der Waals surface area contributed by atoms with Crippen LogP contribution in [0, 0.1) is 5.82 Å². The molecule has 2 rings (SSSR count). The SMILES string of the molecule is CCNCc1cccc(F)c1N1CCCCC1. The molecule has 17 heavy (non-hydrogen) atoms. The van der Waals surface area contributed by atoms with E-state index in [1.165, 1.54) is 19.3 Å². The summed E-state index contributed by atoms with van der Waals surface area (Å²) in [5.74, 6) is -0.0812. The van der Waals surface area contributed by atoms with E-state index in [0.717, 1.165) is 37.4 Å². The van der Waals surface area contributed by atoms with Crippen molar-refractivity contribution < 1.29 is 4.39 Å². The van der Waals surface area contributed by atoms with Gasteiger partial charge in [-0.25, -0.2) is 4.39 Å². The first kappa shape index (κ1) is 12.4. The number of hydrogen-bond acceptors (Lipinski definition) is 2. The number of piperidine rings is 1. The van der Waals surface area contributed by atoms with E-state index in [0.29, 0.717) is 0 Å². The summed E-state index contributed by atoms with van der Waals surface area (Å²) in [5, 5.41) is 3.28. The largest absolute Gasteiger partial charge is 0.369 e. The number of benzene rings is 1. The summed E-state index contributed by atoms with van der Waals surface area (Å²) in [4.78, 5) is 2.20. The minimum absolute atomic E-state index is 0.0812. The van der Waals surface area contributed by atoms with Gasteiger partial charge in [-0.3, -0.25) is 0 Å². The number of hydrogen-bond donors (Lipinski definition) is 1. The average Bonchev–Trinajstić information content (AvgIpc) is 2.37. The van der Waals surface area contributed by atoms with E-state index >= 15 is 0 Å². The van der Waals surface area contributed by atoms with Crippen LogP contribution in [0.3, 0.4) is 0 Å². The lowest BCUT2D eigenvalue weighted by atomic mass is 10.1. The normalized spacial score (nSPS) is 16.2. The maximum atomic E-state index is 14.0. The number of nitrogens with one attached hydrogen (secondary N) is 1. The van der Waals surface area contributed by atoms with Crippen molar-refractivity contribution in [1.29, 1.82) is 0 Å². The van der Waals surface area contributed by atoms with Crippen molar-refractivity contribution in [2.45, 2.75) is 32.7 Å². The lowest BCUT2D eigenvalue weighted by Crippen LogP contribution is -2.31. The summed E-state index contributed by atoms with van der Waals surface area (Å²) in [5.41, 5.74) is 1.89. The Morgan fingerprint density at radius 3 is 2.71 bits per heavy atom. The van der Waals surface area contributed by atoms with E-state index < -0.39 is 0 Å². The van der Waals surface area contributed by atoms with Crippen molar-refractivity contribution in [2.24, 2.45) is 0 Å². The molecule has 0 aromatic heterocycles. The average molecular weight is 236 g/mol. The third-order valence-electron chi connectivity index (χ3n) is 3.31. The second-order valence-electron chi connectivity index (χ2n) is 4.58. The Hall–Kier alpha value is -1.09. The van der Waals surface area contributed by atoms with Gasteiger partial charge in [0.05, 0.1) is 5.69 Å². The van der Waals surface area contributed by atoms with Gasteiger partial charge in [-0.1, -0.05) is 19.1 Å². The number of halogens is 1. The van der Waals surface area contributed by atoms with Gasteiger partial charge in [0.1, 0.15) is 5.82 Å². The van der Waals surface area contributed by atoms with Crippen molar-refractivity contribution in [1.82, 2.24) is 5.32 Å². The summed E-state index contributed by atoms with van der Waals surface area (Å²) >= 11 is 0. The number of para-hydroxylation sites is 1. The fourth-order valence-electron chi connectivity index (χ4n) is 2.43. The van der Waals surface area contributed by atoms with Gasteiger partial charge < -0.3 is 10.2 Å². The van der Waals surface area contributed by atoms with Gasteiger partial charge >= 0.3 is 0 Å². The quantitative estimate of drug-likeness (QED) is 0.864. The van der Waals surface area contributed by atoms with E-state index in [9.17, 15) is 4.39 Å². The van der Waals surface area contributed by atoms with Crippen molar-refractivity contribution >= 4 is 5.69 Å². The molecule has 94 valence electrons. The fourth-order valence-corrected chi connectivity index (χ4v) is 2.43. The molecule has 1 saturated heterocycles. The molecule has 0 aliphatic carbocycles. The lowest BCUT2D eigenvalue weighted by Gasteiger charge is -2.31. The molecule has 1 aromatic rings. The van der Waals surface area contributed by atoms with Crippen molar-refractivity contribution in [3.63, 3.8) is 0 Å². The predicted molar refractivity (Wildman–Crippen MR) is 69.8 cm³/mol. The van der Waals surface area contributed by atoms with Crippen LogP contribution in [0.25, 0.3) is 0 Å². The minimum atomic E-state index is -0.0812. The second kappa shape index (κ2) is 6.01. The highest BCUT2D eigenvalue weighted by atomic mass is 19.1. The van der Waals surface area contributed by atoms with Crippen LogP contribution in [0.2, 0.25) is 0 Å². The molecule has 1 fully saturated rings. The highest BCUT2D eigenvalue weighted by molar-refractivity contribution is 5.55. The Morgan fingerprint density at radius 1 is 1.24 bits per heavy atom. The van der Waals surface area contributed by atoms with Gasteiger partial charge in [0.25, 0.3) is 0 Å². The van der Waals surface area contributed by atoms with Gasteiger partial charge in [-0.15, -0.1) is 0 Å². The molecule has 0 atom stereocenters. The Labute approximate surface area is 103 Å². The van der Waals surface area contributed by atoms with Gasteiger partial charge in [0.2, 0.25) is 0 Å². The summed E-state index contributed by atoms with van der Waals surface area (Å²) in [7, 11) is 0. The first-order valence-corrected chi connectivity index (χ1v) is 6.56. The van der Waals surface area contributed by atoms with Gasteiger partial charge in [-0.05, 0) is 37.4 Å². The molecule has 2 nitrogen and oxygen atoms in total. The first-order valence-electron chi connectivity index (χ1n) is 6.56. The van der Waals surface area contributed by atoms with Gasteiger partial charge in [0.15, 0.2) is 0 Å². The van der Waals surface area contributed by atoms with Gasteiger partial charge in [-0.2, -0.15) is 0 Å². The monoisotopic (exact) mass is 236 g/mol. The van der Waals surface area contributed by atoms with E-state index in [1.807, 2.05) is 6.07 Å². The molecule has 0 saturated carbocycles. The third kappa shape index (κ3) is 2.97. The van der Waals surface area contributed by atoms with Crippen LogP contribution in [0.4, 0.5) is 10.1 Å². The zero-order valence-corrected chi connectivity index (χ0v) is 10.5. The molecule has 0 bridgehead atoms. The molecule has 0 amide bonds. The van der Waals surface area contributed by atoms with Crippen LogP contribution in [0.5, 0.6) is 0 Å². The summed E-state index contributed by atoms with van der Waals surface area (Å²) in [6.45, 7) is 5.70. The maximum absolute atomic E-state index is 14.0. The summed E-state index contributed by atoms with van der Waals surface area (Å²) in [6, 6.07) is 5.39. The van der Waals surface area contributed by atoms with Crippen LogP contribution < -0.4 is 10.2 Å². The van der Waals surface area contributed by atoms with E-state index in [4.69, 9.17) is 0 Å². The molecule has 0 spiro atoms. The van der Waals surface area contributed by atoms with E-state index in [1.54, 1.807) is 12.1 Å². The van der Waals surface area contributed by atoms with Crippen molar-refractivity contribution in [3.8, 4) is 0 Å². The second-order valence-corrected chi connectivity index (χ2v) is 4.58. The first-order chi connectivity index (χ1) is 8.33. The molecular weight excluding hydrogens is 215 g/mol. The zero-order chi connectivity index (χ0) is 12.1. The standard InChI is InChI=1S/C14H21FN2/c1-2-16-11-12-7-6-8-13(15)14(12)17-9-4-3-5-10-17/h6-8,16H,2-5,9-11H2,1H3. The number of rotatable bonds is 4. The van der Waals surface area contributed by atoms with Crippen LogP contribution in [0.15, 0.2) is 18.2 Å². The highest BCUT2D eigenvalue weighted by Crippen LogP contribution is 2.27. The molecule has 1 heterocycles. The fraction of sp³-hybridized carbons (Fsp3) is 0.571. The predicted octanol–water partition coefficient (Wildman–Crippen LogP) is 2.93. The topological polar surface area (TPSA) is 15.3 Å². The number of nitrogens with zero attached hydrogens (tertiary/aromatic N) is 1. The molecule has 1 aromatic carbocycles. The minimum Gasteiger partial charge on any atom is -0.369 e. The lowest BCUT2D eigenvalue weighted by molar-refractivity contribution is 0.552. The van der Waals surface area contributed by atoms with Crippen LogP contribution in [-0.4, -0.2) is 19.6 Å². The summed E-state index contributed by atoms with van der Waals surface area (Å²) < 4.78 is 14.0. The Balaban J connectivity index is 2.22. The smallest absolute Gasteiger partial charge is 0.146 e. The Bertz CT molecular complexity index is 359. The van der Waals surface area contributed by atoms with E-state index in [-0.39, 0.29) is 5.82 Å². The highest BCUT2D eigenvalue weighted by Gasteiger charge is 2.17. The van der Waals surface area contributed by atoms with Crippen LogP contribution >= 0.6 is 0 Å². The van der Waals surface area contributed by atoms with E-state index in [2.05, 4.69) is 17.1 Å². The van der Waals surface area contributed by atoms with Crippen molar-refractivity contribution in [2.75, 3.05) is 24.5 Å². The van der Waals surface area contributed by atoms with Crippen LogP contribution in [0.1, 0.15) is 31.7 Å². The molecule has 1 aliphatic heterocycles. The Kier molecular flexibility index (Phi) is 4.37. The number of anilines is 1. The molecule has 0 unspecified atom stereocenters.